The number of ether oxygens (including phenoxy) is 4. The number of rotatable bonds is 19. The zero-order valence-electron chi connectivity index (χ0n) is 25.2. The van der Waals surface area contributed by atoms with E-state index >= 15 is 0 Å². The van der Waals surface area contributed by atoms with Crippen LogP contribution in [0.4, 0.5) is 0 Å². The summed E-state index contributed by atoms with van der Waals surface area (Å²) < 4.78 is 22.0. The van der Waals surface area contributed by atoms with Crippen LogP contribution in [-0.2, 0) is 18.9 Å². The van der Waals surface area contributed by atoms with Crippen molar-refractivity contribution in [3.63, 3.8) is 0 Å². The van der Waals surface area contributed by atoms with Crippen molar-refractivity contribution in [1.82, 2.24) is 4.90 Å². The quantitative estimate of drug-likeness (QED) is 0.0349. The van der Waals surface area contributed by atoms with Gasteiger partial charge in [-0.3, -0.25) is 0 Å². The Bertz CT molecular complexity index is 848. The van der Waals surface area contributed by atoms with Crippen LogP contribution in [0.15, 0.2) is 0 Å². The zero-order valence-corrected chi connectivity index (χ0v) is 26.9. The van der Waals surface area contributed by atoms with Crippen molar-refractivity contribution >= 4 is 29.2 Å². The number of aliphatic hydroxyl groups is 11. The largest absolute Gasteiger partial charge is 0.394 e. The monoisotopic (exact) mass is 693 g/mol. The highest BCUT2D eigenvalue weighted by Crippen LogP contribution is 2.30. The summed E-state index contributed by atoms with van der Waals surface area (Å²) in [6, 6.07) is 0. The Hall–Kier alpha value is -0.360. The molecule has 0 aromatic carbocycles. The maximum Gasteiger partial charge on any atom is 0.187 e. The first kappa shape index (κ1) is 40.8. The molecule has 0 aliphatic carbocycles. The van der Waals surface area contributed by atoms with Crippen LogP contribution in [0.25, 0.3) is 0 Å². The van der Waals surface area contributed by atoms with Crippen molar-refractivity contribution in [2.75, 3.05) is 32.9 Å². The average Bonchev–Trinajstić information content (AvgIpc) is 3.02. The molecular weight excluding hydrogens is 642 g/mol. The summed E-state index contributed by atoms with van der Waals surface area (Å²) in [7, 11) is 0. The standard InChI is InChI=1S/C27H51NO15S2/c1-2-3-4-5-6-7-8-28(27(44)45)9-13(32)17(34)23(14(33)10-29)42-26-22(39)20(37)24(16(12-31)41-26)43-25-21(38)19(36)18(35)15(11-30)40-25/h13-26,29-39H,2-12H2,1H3,(H,44,45)/t13-,14+,15+,16+,17+,18+,19-,20+,21+,22+,23+,24+,25+,26+/m0/s1. The van der Waals surface area contributed by atoms with Crippen LogP contribution in [0.5, 0.6) is 0 Å². The van der Waals surface area contributed by atoms with Crippen molar-refractivity contribution in [3.05, 3.63) is 0 Å². The molecule has 45 heavy (non-hydrogen) atoms. The molecule has 2 aliphatic rings. The van der Waals surface area contributed by atoms with Gasteiger partial charge < -0.3 is 80.0 Å². The van der Waals surface area contributed by atoms with E-state index in [0.717, 1.165) is 38.5 Å². The third-order valence-electron chi connectivity index (χ3n) is 8.01. The molecular formula is C27H51NO15S2. The van der Waals surface area contributed by atoms with Crippen molar-refractivity contribution < 1.29 is 75.1 Å². The highest BCUT2D eigenvalue weighted by Gasteiger charge is 2.51. The lowest BCUT2D eigenvalue weighted by atomic mass is 9.96. The van der Waals surface area contributed by atoms with Gasteiger partial charge in [-0.05, 0) is 6.42 Å². The smallest absolute Gasteiger partial charge is 0.187 e. The van der Waals surface area contributed by atoms with E-state index in [1.165, 1.54) is 0 Å². The topological polar surface area (TPSA) is 263 Å². The number of thiocarbonyl (C=S) groups is 1. The predicted octanol–water partition coefficient (Wildman–Crippen LogP) is -4.05. The molecule has 11 N–H and O–H groups in total. The number of aliphatic hydroxyl groups excluding tert-OH is 11. The molecule has 2 aliphatic heterocycles. The second kappa shape index (κ2) is 20.2. The van der Waals surface area contributed by atoms with Crippen LogP contribution >= 0.6 is 24.8 Å². The fourth-order valence-electron chi connectivity index (χ4n) is 5.23. The van der Waals surface area contributed by atoms with E-state index in [2.05, 4.69) is 19.6 Å². The van der Waals surface area contributed by atoms with E-state index in [4.69, 9.17) is 31.2 Å². The Labute approximate surface area is 273 Å². The van der Waals surface area contributed by atoms with Crippen molar-refractivity contribution in [2.45, 2.75) is 131 Å². The molecule has 2 rings (SSSR count). The van der Waals surface area contributed by atoms with Crippen molar-refractivity contribution in [2.24, 2.45) is 0 Å². The Morgan fingerprint density at radius 1 is 0.778 bits per heavy atom. The summed E-state index contributed by atoms with van der Waals surface area (Å²) in [6.07, 6.45) is -18.2. The van der Waals surface area contributed by atoms with E-state index in [0.29, 0.717) is 6.54 Å². The molecule has 0 aromatic rings. The number of thiol groups is 1. The third-order valence-corrected chi connectivity index (χ3v) is 8.55. The third kappa shape index (κ3) is 11.4. The second-order valence-corrected chi connectivity index (χ2v) is 12.5. The summed E-state index contributed by atoms with van der Waals surface area (Å²) in [5, 5.41) is 113. The van der Waals surface area contributed by atoms with Gasteiger partial charge in [-0.25, -0.2) is 0 Å². The van der Waals surface area contributed by atoms with Crippen LogP contribution in [-0.4, -0.2) is 184 Å². The van der Waals surface area contributed by atoms with Crippen LogP contribution in [0.3, 0.4) is 0 Å². The number of hydrogen-bond acceptors (Lipinski definition) is 16. The second-order valence-electron chi connectivity index (χ2n) is 11.4. The van der Waals surface area contributed by atoms with Gasteiger partial charge >= 0.3 is 0 Å². The molecule has 14 atom stereocenters. The Kier molecular flexibility index (Phi) is 18.3. The molecule has 18 heteroatoms. The Balaban J connectivity index is 2.10. The van der Waals surface area contributed by atoms with Crippen LogP contribution < -0.4 is 0 Å². The average molecular weight is 694 g/mol. The molecule has 266 valence electrons. The molecule has 0 saturated carbocycles. The molecule has 0 unspecified atom stereocenters. The van der Waals surface area contributed by atoms with Gasteiger partial charge in [0, 0.05) is 13.1 Å². The van der Waals surface area contributed by atoms with E-state index in [1.807, 2.05) is 0 Å². The highest BCUT2D eigenvalue weighted by atomic mass is 32.1. The van der Waals surface area contributed by atoms with Gasteiger partial charge in [-0.15, -0.1) is 12.6 Å². The first-order valence-electron chi connectivity index (χ1n) is 15.2. The van der Waals surface area contributed by atoms with E-state index in [-0.39, 0.29) is 10.9 Å². The summed E-state index contributed by atoms with van der Waals surface area (Å²) in [6.45, 7) is -0.185. The molecule has 16 nitrogen and oxygen atoms in total. The van der Waals surface area contributed by atoms with Gasteiger partial charge in [0.15, 0.2) is 12.6 Å². The van der Waals surface area contributed by atoms with Gasteiger partial charge in [-0.1, -0.05) is 51.2 Å². The van der Waals surface area contributed by atoms with E-state index in [1.54, 1.807) is 4.90 Å². The molecule has 0 radical (unpaired) electrons. The highest BCUT2D eigenvalue weighted by molar-refractivity contribution is 8.10. The molecule has 2 heterocycles. The van der Waals surface area contributed by atoms with Crippen LogP contribution in [0, 0.1) is 0 Å². The van der Waals surface area contributed by atoms with E-state index in [9.17, 15) is 56.2 Å². The lowest BCUT2D eigenvalue weighted by Crippen LogP contribution is -2.65. The lowest BCUT2D eigenvalue weighted by molar-refractivity contribution is -0.367. The van der Waals surface area contributed by atoms with Gasteiger partial charge in [0.2, 0.25) is 0 Å². The van der Waals surface area contributed by atoms with E-state index < -0.39 is 106 Å². The first-order valence-corrected chi connectivity index (χ1v) is 16.0. The van der Waals surface area contributed by atoms with Crippen molar-refractivity contribution in [3.8, 4) is 0 Å². The van der Waals surface area contributed by atoms with Crippen LogP contribution in [0.1, 0.15) is 45.4 Å². The maximum atomic E-state index is 11.0. The van der Waals surface area contributed by atoms with Gasteiger partial charge in [-0.2, -0.15) is 0 Å². The fourth-order valence-corrected chi connectivity index (χ4v) is 5.57. The van der Waals surface area contributed by atoms with Gasteiger partial charge in [0.1, 0.15) is 77.6 Å². The Morgan fingerprint density at radius 2 is 1.36 bits per heavy atom. The number of unbranched alkanes of at least 4 members (excludes halogenated alkanes) is 5. The summed E-state index contributed by atoms with van der Waals surface area (Å²) in [5.74, 6) is 0. The van der Waals surface area contributed by atoms with Gasteiger partial charge in [0.25, 0.3) is 0 Å². The molecule has 0 aromatic heterocycles. The minimum absolute atomic E-state index is 0.167. The predicted molar refractivity (Wildman–Crippen MR) is 163 cm³/mol. The summed E-state index contributed by atoms with van der Waals surface area (Å²) >= 11 is 9.37. The zero-order chi connectivity index (χ0) is 33.8. The maximum absolute atomic E-state index is 11.0. The van der Waals surface area contributed by atoms with Gasteiger partial charge in [0.05, 0.1) is 19.8 Å². The molecule has 0 amide bonds. The first-order chi connectivity index (χ1) is 21.3. The SMILES string of the molecule is CCCCCCCCN(C[C@H](O)[C@@H](O)[C@H](O[C@H]1O[C@H](CO)[C@@H](O[C@H]2O[C@H](CO)[C@@H](O)[C@H](O)[C@H]2O)[C@H](O)[C@H]1O)[C@H](O)CO)C(=S)S. The van der Waals surface area contributed by atoms with Crippen molar-refractivity contribution in [1.29, 1.82) is 0 Å². The number of nitrogens with zero attached hydrogens (tertiary/aromatic N) is 1. The minimum atomic E-state index is -1.98. The lowest BCUT2D eigenvalue weighted by Gasteiger charge is -2.46. The normalized spacial score (nSPS) is 35.0. The Morgan fingerprint density at radius 3 is 1.93 bits per heavy atom. The molecule has 0 bridgehead atoms. The van der Waals surface area contributed by atoms with Crippen LogP contribution in [0.2, 0.25) is 0 Å². The summed E-state index contributed by atoms with van der Waals surface area (Å²) in [5.41, 5.74) is 0. The summed E-state index contributed by atoms with van der Waals surface area (Å²) in [4.78, 5) is 1.56. The molecule has 2 fully saturated rings. The molecule has 0 spiro atoms. The fraction of sp³-hybridized carbons (Fsp3) is 0.963. The minimum Gasteiger partial charge on any atom is -0.394 e. The molecule has 2 saturated heterocycles. The number of hydrogen-bond donors (Lipinski definition) is 12.